The Morgan fingerprint density at radius 3 is 2.67 bits per heavy atom. The molecule has 0 bridgehead atoms. The van der Waals surface area contributed by atoms with Crippen LogP contribution in [-0.4, -0.2) is 10.2 Å². The summed E-state index contributed by atoms with van der Waals surface area (Å²) in [5.74, 6) is -0.432. The summed E-state index contributed by atoms with van der Waals surface area (Å²) >= 11 is 0.640. The number of nitrogens with zero attached hydrogens (tertiary/aromatic N) is 1. The zero-order chi connectivity index (χ0) is 6.85. The molecule has 4 nitrogen and oxygen atoms in total. The lowest BCUT2D eigenvalue weighted by Gasteiger charge is -1.76. The Morgan fingerprint density at radius 2 is 2.44 bits per heavy atom. The second-order valence-corrected chi connectivity index (χ2v) is 2.09. The molecule has 5 heteroatoms. The van der Waals surface area contributed by atoms with Crippen LogP contribution in [0.1, 0.15) is 17.6 Å². The lowest BCUT2D eigenvalue weighted by molar-refractivity contribution is 0.0979. The quantitative estimate of drug-likeness (QED) is 0.533. The number of carbonyl (C=O) groups excluding carboxylic acids is 1. The molecule has 0 unspecified atom stereocenters. The topological polar surface area (TPSA) is 60.2 Å². The fraction of sp³-hybridized carbons (Fsp3) is 0.250. The van der Waals surface area contributed by atoms with Gasteiger partial charge >= 0.3 is 4.94 Å². The monoisotopic (exact) mass is 145 g/mol. The maximum Gasteiger partial charge on any atom is 0.414 e. The van der Waals surface area contributed by atoms with E-state index in [0.717, 1.165) is 0 Å². The Morgan fingerprint density at radius 1 is 1.78 bits per heavy atom. The molecule has 0 spiro atoms. The van der Waals surface area contributed by atoms with Crippen LogP contribution in [0.3, 0.4) is 0 Å². The molecule has 0 saturated heterocycles. The minimum Gasteiger partial charge on any atom is -0.391 e. The summed E-state index contributed by atoms with van der Waals surface area (Å²) in [7, 11) is 0. The standard InChI is InChI=1S/C4H3NO3S/c1-2(6)3-5-9-4(7)8-3/h1H3. The van der Waals surface area contributed by atoms with Crippen LogP contribution in [0, 0.1) is 0 Å². The fourth-order valence-corrected chi connectivity index (χ4v) is 0.771. The van der Waals surface area contributed by atoms with E-state index in [2.05, 4.69) is 8.79 Å². The largest absolute Gasteiger partial charge is 0.414 e. The minimum atomic E-state index is -0.541. The van der Waals surface area contributed by atoms with E-state index in [-0.39, 0.29) is 11.7 Å². The van der Waals surface area contributed by atoms with Gasteiger partial charge in [-0.2, -0.15) is 0 Å². The van der Waals surface area contributed by atoms with Gasteiger partial charge in [-0.15, -0.1) is 4.37 Å². The molecule has 0 amide bonds. The van der Waals surface area contributed by atoms with Crippen molar-refractivity contribution >= 4 is 17.3 Å². The number of ketones is 1. The van der Waals surface area contributed by atoms with Crippen molar-refractivity contribution in [3.63, 3.8) is 0 Å². The Bertz CT molecular complexity index is 273. The summed E-state index contributed by atoms with van der Waals surface area (Å²) in [4.78, 5) is 20.1. The summed E-state index contributed by atoms with van der Waals surface area (Å²) in [5.41, 5.74) is 0. The highest BCUT2D eigenvalue weighted by Crippen LogP contribution is 1.92. The Labute approximate surface area is 54.3 Å². The molecule has 0 saturated carbocycles. The first-order valence-corrected chi connectivity index (χ1v) is 2.95. The molecule has 0 aliphatic rings. The van der Waals surface area contributed by atoms with E-state index in [1.165, 1.54) is 6.92 Å². The van der Waals surface area contributed by atoms with E-state index >= 15 is 0 Å². The van der Waals surface area contributed by atoms with E-state index in [1.54, 1.807) is 0 Å². The molecule has 0 N–H and O–H groups in total. The molecule has 1 aromatic heterocycles. The maximum atomic E-state index is 10.4. The van der Waals surface area contributed by atoms with Gasteiger partial charge in [0.1, 0.15) is 0 Å². The van der Waals surface area contributed by atoms with Crippen LogP contribution in [0.25, 0.3) is 0 Å². The van der Waals surface area contributed by atoms with Crippen molar-refractivity contribution in [1.29, 1.82) is 0 Å². The first-order valence-electron chi connectivity index (χ1n) is 2.18. The molecule has 0 atom stereocenters. The number of rotatable bonds is 1. The SMILES string of the molecule is CC(=O)c1nsc(=O)o1. The van der Waals surface area contributed by atoms with Crippen molar-refractivity contribution in [2.75, 3.05) is 0 Å². The predicted molar refractivity (Wildman–Crippen MR) is 30.7 cm³/mol. The van der Waals surface area contributed by atoms with Crippen LogP contribution < -0.4 is 4.94 Å². The van der Waals surface area contributed by atoms with Gasteiger partial charge < -0.3 is 4.42 Å². The second kappa shape index (κ2) is 2.10. The van der Waals surface area contributed by atoms with Crippen LogP contribution in [0.2, 0.25) is 0 Å². The Hall–Kier alpha value is -0.970. The van der Waals surface area contributed by atoms with E-state index in [0.29, 0.717) is 11.5 Å². The predicted octanol–water partition coefficient (Wildman–Crippen LogP) is 0.299. The van der Waals surface area contributed by atoms with Gasteiger partial charge in [0.25, 0.3) is 5.89 Å². The van der Waals surface area contributed by atoms with Crippen molar-refractivity contribution in [1.82, 2.24) is 4.37 Å². The maximum absolute atomic E-state index is 10.4. The molecule has 0 aliphatic heterocycles. The highest BCUT2D eigenvalue weighted by atomic mass is 32.1. The number of Topliss-reactive ketones (excluding diaryl/α,β-unsaturated/α-hetero) is 1. The molecule has 48 valence electrons. The van der Waals surface area contributed by atoms with E-state index < -0.39 is 4.94 Å². The van der Waals surface area contributed by atoms with E-state index in [9.17, 15) is 9.59 Å². The van der Waals surface area contributed by atoms with Crippen molar-refractivity contribution in [3.05, 3.63) is 15.6 Å². The van der Waals surface area contributed by atoms with Crippen molar-refractivity contribution in [2.45, 2.75) is 6.92 Å². The molecule has 0 aromatic carbocycles. The van der Waals surface area contributed by atoms with Gasteiger partial charge in [-0.3, -0.25) is 4.79 Å². The van der Waals surface area contributed by atoms with Crippen LogP contribution in [0.4, 0.5) is 0 Å². The molecule has 9 heavy (non-hydrogen) atoms. The highest BCUT2D eigenvalue weighted by Gasteiger charge is 2.05. The summed E-state index contributed by atoms with van der Waals surface area (Å²) in [6.45, 7) is 1.29. The first kappa shape index (κ1) is 6.15. The normalized spacial score (nSPS) is 9.44. The Balaban J connectivity index is 3.12. The van der Waals surface area contributed by atoms with Gasteiger partial charge in [-0.25, -0.2) is 4.79 Å². The number of aromatic nitrogens is 1. The molecule has 1 aromatic rings. The number of carbonyl (C=O) groups is 1. The summed E-state index contributed by atoms with van der Waals surface area (Å²) in [6, 6.07) is 0. The summed E-state index contributed by atoms with van der Waals surface area (Å²) in [5, 5.41) is 0. The fourth-order valence-electron chi connectivity index (χ4n) is 0.331. The third-order valence-corrected chi connectivity index (χ3v) is 1.17. The van der Waals surface area contributed by atoms with Gasteiger partial charge in [0.15, 0.2) is 0 Å². The summed E-state index contributed by atoms with van der Waals surface area (Å²) in [6.07, 6.45) is 0. The zero-order valence-corrected chi connectivity index (χ0v) is 5.40. The van der Waals surface area contributed by atoms with Gasteiger partial charge in [0.05, 0.1) is 11.5 Å². The van der Waals surface area contributed by atoms with Crippen LogP contribution >= 0.6 is 11.5 Å². The van der Waals surface area contributed by atoms with Gasteiger partial charge in [-0.1, -0.05) is 0 Å². The third-order valence-electron chi connectivity index (χ3n) is 0.684. The van der Waals surface area contributed by atoms with Crippen molar-refractivity contribution < 1.29 is 9.21 Å². The zero-order valence-electron chi connectivity index (χ0n) is 4.58. The van der Waals surface area contributed by atoms with Crippen LogP contribution in [-0.2, 0) is 0 Å². The average Bonchev–Trinajstić information content (AvgIpc) is 2.14. The molecule has 0 radical (unpaired) electrons. The first-order chi connectivity index (χ1) is 4.20. The van der Waals surface area contributed by atoms with Gasteiger partial charge in [0.2, 0.25) is 5.78 Å². The second-order valence-electron chi connectivity index (χ2n) is 1.40. The molecule has 1 heterocycles. The lowest BCUT2D eigenvalue weighted by atomic mass is 10.5. The third kappa shape index (κ3) is 1.23. The van der Waals surface area contributed by atoms with Crippen molar-refractivity contribution in [3.8, 4) is 0 Å². The van der Waals surface area contributed by atoms with Crippen LogP contribution in [0.15, 0.2) is 9.21 Å². The average molecular weight is 145 g/mol. The lowest BCUT2D eigenvalue weighted by Crippen LogP contribution is -1.91. The van der Waals surface area contributed by atoms with Crippen molar-refractivity contribution in [2.24, 2.45) is 0 Å². The van der Waals surface area contributed by atoms with E-state index in [4.69, 9.17) is 0 Å². The molecule has 0 fully saturated rings. The molecular weight excluding hydrogens is 142 g/mol. The molecule has 0 aliphatic carbocycles. The van der Waals surface area contributed by atoms with Crippen LogP contribution in [0.5, 0.6) is 0 Å². The molecular formula is C4H3NO3S. The van der Waals surface area contributed by atoms with E-state index in [1.807, 2.05) is 0 Å². The Kier molecular flexibility index (Phi) is 1.44. The molecule has 1 rings (SSSR count). The number of hydrogen-bond donors (Lipinski definition) is 0. The van der Waals surface area contributed by atoms with Gasteiger partial charge in [-0.05, 0) is 0 Å². The minimum absolute atomic E-state index is 0.106. The van der Waals surface area contributed by atoms with Gasteiger partial charge in [0, 0.05) is 6.92 Å². The number of hydrogen-bond acceptors (Lipinski definition) is 5. The highest BCUT2D eigenvalue weighted by molar-refractivity contribution is 7.02. The summed E-state index contributed by atoms with van der Waals surface area (Å²) < 4.78 is 7.78. The smallest absolute Gasteiger partial charge is 0.391 e.